The smallest absolute Gasteiger partial charge is 0.339 e. The van der Waals surface area contributed by atoms with Crippen LogP contribution in [0.4, 0.5) is 0 Å². The first kappa shape index (κ1) is 17.2. The standard InChI is InChI=1S/C17H24O4/c1-4-12(2)9-10-13(3)11-21-17(20)15-8-6-5-7-14(15)16(18)19/h5-8,12-13H,4,9-11H2,1-3H3,(H,18,19). The molecule has 0 spiro atoms. The highest BCUT2D eigenvalue weighted by Crippen LogP contribution is 2.16. The van der Waals surface area contributed by atoms with Crippen LogP contribution in [0.2, 0.25) is 0 Å². The maximum absolute atomic E-state index is 12.0. The lowest BCUT2D eigenvalue weighted by atomic mass is 9.97. The fourth-order valence-corrected chi connectivity index (χ4v) is 2.00. The molecule has 0 aromatic heterocycles. The van der Waals surface area contributed by atoms with Crippen LogP contribution in [0.1, 0.15) is 60.7 Å². The first-order valence-corrected chi connectivity index (χ1v) is 7.45. The molecule has 0 heterocycles. The molecule has 0 radical (unpaired) electrons. The van der Waals surface area contributed by atoms with Crippen molar-refractivity contribution in [2.45, 2.75) is 40.0 Å². The number of rotatable bonds is 8. The summed E-state index contributed by atoms with van der Waals surface area (Å²) in [5.74, 6) is -0.730. The van der Waals surface area contributed by atoms with Gasteiger partial charge in [-0.3, -0.25) is 0 Å². The molecule has 4 heteroatoms. The predicted molar refractivity (Wildman–Crippen MR) is 81.5 cm³/mol. The van der Waals surface area contributed by atoms with E-state index in [4.69, 9.17) is 9.84 Å². The van der Waals surface area contributed by atoms with Crippen molar-refractivity contribution in [1.82, 2.24) is 0 Å². The van der Waals surface area contributed by atoms with E-state index >= 15 is 0 Å². The first-order chi connectivity index (χ1) is 9.95. The SMILES string of the molecule is CCC(C)CCC(C)COC(=O)c1ccccc1C(=O)O. The lowest BCUT2D eigenvalue weighted by molar-refractivity contribution is 0.0432. The minimum atomic E-state index is -1.12. The van der Waals surface area contributed by atoms with Crippen LogP contribution in [0, 0.1) is 11.8 Å². The minimum Gasteiger partial charge on any atom is -0.478 e. The fraction of sp³-hybridized carbons (Fsp3) is 0.529. The zero-order valence-electron chi connectivity index (χ0n) is 13.0. The van der Waals surface area contributed by atoms with Gasteiger partial charge in [0.1, 0.15) is 0 Å². The Bertz CT molecular complexity index is 481. The molecule has 21 heavy (non-hydrogen) atoms. The summed E-state index contributed by atoms with van der Waals surface area (Å²) in [6.07, 6.45) is 3.27. The molecule has 1 aromatic rings. The van der Waals surface area contributed by atoms with Gasteiger partial charge in [0, 0.05) is 0 Å². The van der Waals surface area contributed by atoms with Crippen LogP contribution in [-0.4, -0.2) is 23.7 Å². The third-order valence-corrected chi connectivity index (χ3v) is 3.73. The molecule has 0 saturated heterocycles. The van der Waals surface area contributed by atoms with E-state index in [1.807, 2.05) is 6.92 Å². The van der Waals surface area contributed by atoms with Gasteiger partial charge in [0.25, 0.3) is 0 Å². The third kappa shape index (κ3) is 5.58. The Morgan fingerprint density at radius 3 is 2.24 bits per heavy atom. The molecule has 1 aromatic carbocycles. The quantitative estimate of drug-likeness (QED) is 0.735. The Morgan fingerprint density at radius 1 is 1.10 bits per heavy atom. The van der Waals surface area contributed by atoms with Gasteiger partial charge in [-0.25, -0.2) is 9.59 Å². The van der Waals surface area contributed by atoms with E-state index in [0.717, 1.165) is 19.3 Å². The van der Waals surface area contributed by atoms with E-state index < -0.39 is 11.9 Å². The van der Waals surface area contributed by atoms with Gasteiger partial charge >= 0.3 is 11.9 Å². The molecular weight excluding hydrogens is 268 g/mol. The zero-order valence-corrected chi connectivity index (χ0v) is 13.0. The number of esters is 1. The lowest BCUT2D eigenvalue weighted by Gasteiger charge is -2.15. The van der Waals surface area contributed by atoms with E-state index in [2.05, 4.69) is 13.8 Å². The second-order valence-corrected chi connectivity index (χ2v) is 5.65. The molecule has 2 atom stereocenters. The van der Waals surface area contributed by atoms with E-state index in [9.17, 15) is 9.59 Å². The van der Waals surface area contributed by atoms with Crippen molar-refractivity contribution in [3.63, 3.8) is 0 Å². The van der Waals surface area contributed by atoms with Crippen molar-refractivity contribution in [2.24, 2.45) is 11.8 Å². The fourth-order valence-electron chi connectivity index (χ4n) is 2.00. The number of hydrogen-bond acceptors (Lipinski definition) is 3. The van der Waals surface area contributed by atoms with Gasteiger partial charge in [0.15, 0.2) is 0 Å². The van der Waals surface area contributed by atoms with Crippen molar-refractivity contribution in [3.8, 4) is 0 Å². The summed E-state index contributed by atoms with van der Waals surface area (Å²) in [6.45, 7) is 6.74. The van der Waals surface area contributed by atoms with Gasteiger partial charge in [-0.1, -0.05) is 45.7 Å². The molecule has 0 fully saturated rings. The van der Waals surface area contributed by atoms with Crippen LogP contribution in [0.15, 0.2) is 24.3 Å². The molecule has 1 rings (SSSR count). The van der Waals surface area contributed by atoms with Gasteiger partial charge in [-0.05, 0) is 30.4 Å². The van der Waals surface area contributed by atoms with Crippen molar-refractivity contribution in [2.75, 3.05) is 6.61 Å². The minimum absolute atomic E-state index is 0.0187. The molecule has 2 unspecified atom stereocenters. The number of ether oxygens (including phenoxy) is 1. The molecule has 0 saturated carbocycles. The van der Waals surface area contributed by atoms with Gasteiger partial charge in [-0.2, -0.15) is 0 Å². The average Bonchev–Trinajstić information content (AvgIpc) is 2.49. The molecule has 116 valence electrons. The maximum Gasteiger partial charge on any atom is 0.339 e. The molecule has 4 nitrogen and oxygen atoms in total. The monoisotopic (exact) mass is 292 g/mol. The van der Waals surface area contributed by atoms with E-state index in [0.29, 0.717) is 12.5 Å². The predicted octanol–water partition coefficient (Wildman–Crippen LogP) is 4.00. The number of carbonyl (C=O) groups is 2. The van der Waals surface area contributed by atoms with Crippen LogP contribution >= 0.6 is 0 Å². The Balaban J connectivity index is 2.53. The molecule has 0 amide bonds. The molecule has 0 bridgehead atoms. The van der Waals surface area contributed by atoms with Crippen LogP contribution < -0.4 is 0 Å². The summed E-state index contributed by atoms with van der Waals surface area (Å²) < 4.78 is 5.24. The van der Waals surface area contributed by atoms with Crippen LogP contribution in [0.3, 0.4) is 0 Å². The normalized spacial score (nSPS) is 13.5. The molecule has 0 aliphatic rings. The zero-order chi connectivity index (χ0) is 15.8. The summed E-state index contributed by atoms with van der Waals surface area (Å²) >= 11 is 0. The van der Waals surface area contributed by atoms with Crippen LogP contribution in [0.5, 0.6) is 0 Å². The van der Waals surface area contributed by atoms with Crippen molar-refractivity contribution in [1.29, 1.82) is 0 Å². The first-order valence-electron chi connectivity index (χ1n) is 7.45. The number of hydrogen-bond donors (Lipinski definition) is 1. The Hall–Kier alpha value is -1.84. The van der Waals surface area contributed by atoms with Crippen molar-refractivity contribution < 1.29 is 19.4 Å². The second kappa shape index (κ2) is 8.45. The highest BCUT2D eigenvalue weighted by molar-refractivity contribution is 6.02. The number of aromatic carboxylic acids is 1. The Labute approximate surface area is 126 Å². The average molecular weight is 292 g/mol. The number of carboxylic acids is 1. The summed E-state index contributed by atoms with van der Waals surface area (Å²) in [5, 5.41) is 9.06. The Morgan fingerprint density at radius 2 is 1.67 bits per heavy atom. The molecular formula is C17H24O4. The third-order valence-electron chi connectivity index (χ3n) is 3.73. The summed E-state index contributed by atoms with van der Waals surface area (Å²) in [7, 11) is 0. The van der Waals surface area contributed by atoms with E-state index in [1.165, 1.54) is 12.1 Å². The summed E-state index contributed by atoms with van der Waals surface area (Å²) in [4.78, 5) is 23.1. The Kier molecular flexibility index (Phi) is 6.92. The molecule has 1 N–H and O–H groups in total. The van der Waals surface area contributed by atoms with Crippen molar-refractivity contribution in [3.05, 3.63) is 35.4 Å². The lowest BCUT2D eigenvalue weighted by Crippen LogP contribution is -2.15. The van der Waals surface area contributed by atoms with Gasteiger partial charge in [0.2, 0.25) is 0 Å². The summed E-state index contributed by atoms with van der Waals surface area (Å²) in [6, 6.07) is 6.12. The molecule has 0 aliphatic carbocycles. The second-order valence-electron chi connectivity index (χ2n) is 5.65. The highest BCUT2D eigenvalue weighted by Gasteiger charge is 2.17. The van der Waals surface area contributed by atoms with Crippen molar-refractivity contribution >= 4 is 11.9 Å². The number of benzene rings is 1. The maximum atomic E-state index is 12.0. The topological polar surface area (TPSA) is 63.6 Å². The number of carbonyl (C=O) groups excluding carboxylic acids is 1. The number of carboxylic acid groups (broad SMARTS) is 1. The van der Waals surface area contributed by atoms with Crippen LogP contribution in [-0.2, 0) is 4.74 Å². The van der Waals surface area contributed by atoms with Gasteiger partial charge in [0.05, 0.1) is 17.7 Å². The van der Waals surface area contributed by atoms with Crippen LogP contribution in [0.25, 0.3) is 0 Å². The molecule has 0 aliphatic heterocycles. The van der Waals surface area contributed by atoms with Gasteiger partial charge < -0.3 is 9.84 Å². The van der Waals surface area contributed by atoms with Gasteiger partial charge in [-0.15, -0.1) is 0 Å². The largest absolute Gasteiger partial charge is 0.478 e. The summed E-state index contributed by atoms with van der Waals surface area (Å²) in [5.41, 5.74) is 0.0916. The van der Waals surface area contributed by atoms with E-state index in [-0.39, 0.29) is 17.0 Å². The van der Waals surface area contributed by atoms with E-state index in [1.54, 1.807) is 12.1 Å². The highest BCUT2D eigenvalue weighted by atomic mass is 16.5.